The van der Waals surface area contributed by atoms with Crippen molar-refractivity contribution in [3.05, 3.63) is 74.8 Å². The predicted molar refractivity (Wildman–Crippen MR) is 85.4 cm³/mol. The summed E-state index contributed by atoms with van der Waals surface area (Å²) >= 11 is 5.80. The minimum Gasteiger partial charge on any atom is -0.308 e. The first-order valence-electron chi connectivity index (χ1n) is 5.84. The summed E-state index contributed by atoms with van der Waals surface area (Å²) in [4.78, 5) is 10.5. The number of rotatable bonds is 5. The molecule has 0 aliphatic carbocycles. The minimum atomic E-state index is -0.362. The van der Waals surface area contributed by atoms with Crippen molar-refractivity contribution in [1.29, 1.82) is 0 Å². The second-order valence-corrected chi connectivity index (χ2v) is 4.55. The first-order chi connectivity index (χ1) is 9.16. The van der Waals surface area contributed by atoms with Crippen molar-refractivity contribution in [2.45, 2.75) is 13.1 Å². The molecule has 6 heteroatoms. The van der Waals surface area contributed by atoms with E-state index in [1.807, 2.05) is 24.3 Å². The molecule has 0 bridgehead atoms. The Hall–Kier alpha value is -1.43. The summed E-state index contributed by atoms with van der Waals surface area (Å²) in [5.74, 6) is 0. The summed E-state index contributed by atoms with van der Waals surface area (Å²) in [5.41, 5.74) is 1.91. The molecule has 4 nitrogen and oxygen atoms in total. The standard InChI is InChI=1S/C14H13ClN2O2.BrH/c15-13-7-5-11(6-8-13)9-16-10-12-3-1-2-4-14(12)17(18)19;/h1-8,16H,9-10H2;1H. The highest BCUT2D eigenvalue weighted by molar-refractivity contribution is 8.93. The van der Waals surface area contributed by atoms with Crippen molar-refractivity contribution in [2.75, 3.05) is 0 Å². The van der Waals surface area contributed by atoms with Gasteiger partial charge in [0, 0.05) is 29.7 Å². The summed E-state index contributed by atoms with van der Waals surface area (Å²) < 4.78 is 0. The van der Waals surface area contributed by atoms with Crippen molar-refractivity contribution in [1.82, 2.24) is 5.32 Å². The van der Waals surface area contributed by atoms with Crippen molar-refractivity contribution < 1.29 is 4.92 Å². The Morgan fingerprint density at radius 1 is 1.05 bits per heavy atom. The van der Waals surface area contributed by atoms with E-state index in [-0.39, 0.29) is 27.6 Å². The van der Waals surface area contributed by atoms with E-state index in [0.717, 1.165) is 5.56 Å². The van der Waals surface area contributed by atoms with Crippen LogP contribution in [-0.4, -0.2) is 4.92 Å². The van der Waals surface area contributed by atoms with Crippen LogP contribution in [0.2, 0.25) is 5.02 Å². The molecule has 0 spiro atoms. The molecule has 1 N–H and O–H groups in total. The Morgan fingerprint density at radius 2 is 1.70 bits per heavy atom. The van der Waals surface area contributed by atoms with Gasteiger partial charge in [0.25, 0.3) is 5.69 Å². The van der Waals surface area contributed by atoms with E-state index in [1.165, 1.54) is 6.07 Å². The van der Waals surface area contributed by atoms with Gasteiger partial charge < -0.3 is 5.32 Å². The zero-order chi connectivity index (χ0) is 13.7. The van der Waals surface area contributed by atoms with Crippen LogP contribution in [0.3, 0.4) is 0 Å². The molecule has 0 saturated carbocycles. The monoisotopic (exact) mass is 356 g/mol. The van der Waals surface area contributed by atoms with Gasteiger partial charge in [-0.1, -0.05) is 41.9 Å². The molecule has 2 aromatic rings. The Balaban J connectivity index is 0.00000200. The van der Waals surface area contributed by atoms with Gasteiger partial charge in [0.15, 0.2) is 0 Å². The summed E-state index contributed by atoms with van der Waals surface area (Å²) in [6.45, 7) is 1.10. The lowest BCUT2D eigenvalue weighted by Crippen LogP contribution is -2.13. The van der Waals surface area contributed by atoms with Crippen LogP contribution in [0.15, 0.2) is 48.5 Å². The number of nitro benzene ring substituents is 1. The third-order valence-corrected chi connectivity index (χ3v) is 3.00. The van der Waals surface area contributed by atoms with Crippen LogP contribution in [0.4, 0.5) is 5.69 Å². The van der Waals surface area contributed by atoms with Gasteiger partial charge in [-0.15, -0.1) is 17.0 Å². The zero-order valence-corrected chi connectivity index (χ0v) is 13.1. The topological polar surface area (TPSA) is 55.2 Å². The van der Waals surface area contributed by atoms with Crippen molar-refractivity contribution in [2.24, 2.45) is 0 Å². The second-order valence-electron chi connectivity index (χ2n) is 4.12. The Kier molecular flexibility index (Phi) is 6.64. The van der Waals surface area contributed by atoms with Gasteiger partial charge in [-0.2, -0.15) is 0 Å². The fraction of sp³-hybridized carbons (Fsp3) is 0.143. The van der Waals surface area contributed by atoms with Crippen LogP contribution in [0.5, 0.6) is 0 Å². The van der Waals surface area contributed by atoms with E-state index in [2.05, 4.69) is 5.32 Å². The Morgan fingerprint density at radius 3 is 2.35 bits per heavy atom. The van der Waals surface area contributed by atoms with E-state index in [1.54, 1.807) is 18.2 Å². The van der Waals surface area contributed by atoms with Gasteiger partial charge in [0.05, 0.1) is 4.92 Å². The molecule has 0 radical (unpaired) electrons. The molecule has 2 rings (SSSR count). The maximum atomic E-state index is 10.9. The first-order valence-corrected chi connectivity index (χ1v) is 6.22. The molecule has 0 saturated heterocycles. The third kappa shape index (κ3) is 4.59. The van der Waals surface area contributed by atoms with E-state index >= 15 is 0 Å². The van der Waals surface area contributed by atoms with Crippen LogP contribution in [0.1, 0.15) is 11.1 Å². The summed E-state index contributed by atoms with van der Waals surface area (Å²) in [6.07, 6.45) is 0. The second kappa shape index (κ2) is 7.99. The molecule has 0 amide bonds. The van der Waals surface area contributed by atoms with Gasteiger partial charge in [-0.3, -0.25) is 10.1 Å². The fourth-order valence-corrected chi connectivity index (χ4v) is 1.91. The Labute approximate surface area is 132 Å². The van der Waals surface area contributed by atoms with E-state index in [0.29, 0.717) is 23.7 Å². The molecule has 20 heavy (non-hydrogen) atoms. The summed E-state index contributed by atoms with van der Waals surface area (Å²) in [7, 11) is 0. The summed E-state index contributed by atoms with van der Waals surface area (Å²) in [6, 6.07) is 14.2. The van der Waals surface area contributed by atoms with Crippen LogP contribution in [0.25, 0.3) is 0 Å². The number of para-hydroxylation sites is 1. The molecule has 0 aromatic heterocycles. The lowest BCUT2D eigenvalue weighted by Gasteiger charge is -2.06. The highest BCUT2D eigenvalue weighted by Crippen LogP contribution is 2.17. The summed E-state index contributed by atoms with van der Waals surface area (Å²) in [5, 5.41) is 14.7. The molecule has 0 aliphatic heterocycles. The quantitative estimate of drug-likeness (QED) is 0.647. The molecule has 0 heterocycles. The largest absolute Gasteiger partial charge is 0.308 e. The fourth-order valence-electron chi connectivity index (χ4n) is 1.78. The lowest BCUT2D eigenvalue weighted by atomic mass is 10.1. The third-order valence-electron chi connectivity index (χ3n) is 2.75. The van der Waals surface area contributed by atoms with Crippen LogP contribution >= 0.6 is 28.6 Å². The molecule has 0 atom stereocenters. The number of benzene rings is 2. The SMILES string of the molecule is Br.O=[N+]([O-])c1ccccc1CNCc1ccc(Cl)cc1. The number of nitro groups is 1. The van der Waals surface area contributed by atoms with E-state index < -0.39 is 0 Å². The molecule has 0 fully saturated rings. The zero-order valence-electron chi connectivity index (χ0n) is 10.6. The minimum absolute atomic E-state index is 0. The van der Waals surface area contributed by atoms with Crippen molar-refractivity contribution in [3.8, 4) is 0 Å². The van der Waals surface area contributed by atoms with Crippen LogP contribution in [0, 0.1) is 10.1 Å². The van der Waals surface area contributed by atoms with Gasteiger partial charge in [0.1, 0.15) is 0 Å². The van der Waals surface area contributed by atoms with Gasteiger partial charge in [-0.05, 0) is 17.7 Å². The average Bonchev–Trinajstić information content (AvgIpc) is 2.41. The Bertz CT molecular complexity index is 576. The molecular weight excluding hydrogens is 344 g/mol. The number of nitrogens with one attached hydrogen (secondary N) is 1. The number of halogens is 2. The number of hydrogen-bond acceptors (Lipinski definition) is 3. The predicted octanol–water partition coefficient (Wildman–Crippen LogP) is 4.12. The number of nitrogens with zero attached hydrogens (tertiary/aromatic N) is 1. The molecular formula is C14H14BrClN2O2. The molecule has 0 unspecified atom stereocenters. The average molecular weight is 358 g/mol. The van der Waals surface area contributed by atoms with Crippen LogP contribution in [-0.2, 0) is 13.1 Å². The van der Waals surface area contributed by atoms with Gasteiger partial charge >= 0.3 is 0 Å². The smallest absolute Gasteiger partial charge is 0.273 e. The molecule has 106 valence electrons. The number of hydrogen-bond donors (Lipinski definition) is 1. The maximum absolute atomic E-state index is 10.9. The van der Waals surface area contributed by atoms with Gasteiger partial charge in [-0.25, -0.2) is 0 Å². The highest BCUT2D eigenvalue weighted by atomic mass is 79.9. The van der Waals surface area contributed by atoms with Crippen molar-refractivity contribution >= 4 is 34.3 Å². The van der Waals surface area contributed by atoms with Crippen molar-refractivity contribution in [3.63, 3.8) is 0 Å². The first kappa shape index (κ1) is 16.6. The highest BCUT2D eigenvalue weighted by Gasteiger charge is 2.11. The van der Waals surface area contributed by atoms with E-state index in [4.69, 9.17) is 11.6 Å². The lowest BCUT2D eigenvalue weighted by molar-refractivity contribution is -0.385. The van der Waals surface area contributed by atoms with Gasteiger partial charge in [0.2, 0.25) is 0 Å². The molecule has 0 aliphatic rings. The molecule has 2 aromatic carbocycles. The van der Waals surface area contributed by atoms with E-state index in [9.17, 15) is 10.1 Å². The maximum Gasteiger partial charge on any atom is 0.273 e. The van der Waals surface area contributed by atoms with Crippen LogP contribution < -0.4 is 5.32 Å². The normalized spacial score (nSPS) is 9.85.